The van der Waals surface area contributed by atoms with E-state index in [-0.39, 0.29) is 12.3 Å². The molecule has 2 aromatic rings. The fourth-order valence-electron chi connectivity index (χ4n) is 1.94. The lowest BCUT2D eigenvalue weighted by Crippen LogP contribution is -2.36. The van der Waals surface area contributed by atoms with Crippen LogP contribution in [0.25, 0.3) is 5.69 Å². The summed E-state index contributed by atoms with van der Waals surface area (Å²) in [6.07, 6.45) is 0.280. The molecule has 0 bridgehead atoms. The van der Waals surface area contributed by atoms with E-state index in [2.05, 4.69) is 15.5 Å². The Kier molecular flexibility index (Phi) is 3.83. The highest BCUT2D eigenvalue weighted by Crippen LogP contribution is 2.31. The van der Waals surface area contributed by atoms with Crippen molar-refractivity contribution in [1.82, 2.24) is 20.2 Å². The van der Waals surface area contributed by atoms with Crippen molar-refractivity contribution in [2.75, 3.05) is 0 Å². The van der Waals surface area contributed by atoms with Crippen molar-refractivity contribution >= 4 is 5.97 Å². The Labute approximate surface area is 117 Å². The van der Waals surface area contributed by atoms with E-state index in [4.69, 9.17) is 0 Å². The zero-order valence-electron chi connectivity index (χ0n) is 11.8. The standard InChI is InChI=1S/C14H18N4O2/c1-10(2)14(3,13(19)20)9-12-15-16-17-18(12)11-7-5-4-6-8-11/h4-8,10H,9H2,1-3H3,(H,19,20). The highest BCUT2D eigenvalue weighted by Gasteiger charge is 2.38. The van der Waals surface area contributed by atoms with Crippen molar-refractivity contribution < 1.29 is 9.90 Å². The largest absolute Gasteiger partial charge is 0.481 e. The molecule has 1 heterocycles. The Hall–Kier alpha value is -2.24. The van der Waals surface area contributed by atoms with Gasteiger partial charge in [0.15, 0.2) is 5.82 Å². The van der Waals surface area contributed by atoms with Crippen LogP contribution in [0.3, 0.4) is 0 Å². The number of carboxylic acids is 1. The topological polar surface area (TPSA) is 80.9 Å². The highest BCUT2D eigenvalue weighted by molar-refractivity contribution is 5.74. The highest BCUT2D eigenvalue weighted by atomic mass is 16.4. The fourth-order valence-corrected chi connectivity index (χ4v) is 1.94. The van der Waals surface area contributed by atoms with Crippen molar-refractivity contribution in [3.05, 3.63) is 36.2 Å². The minimum atomic E-state index is -0.902. The number of rotatable bonds is 5. The molecule has 6 nitrogen and oxygen atoms in total. The second-order valence-electron chi connectivity index (χ2n) is 5.40. The van der Waals surface area contributed by atoms with Gasteiger partial charge in [-0.3, -0.25) is 4.79 Å². The SMILES string of the molecule is CC(C)C(C)(Cc1nnnn1-c1ccccc1)C(=O)O. The summed E-state index contributed by atoms with van der Waals surface area (Å²) in [5.41, 5.74) is -0.0784. The van der Waals surface area contributed by atoms with E-state index in [9.17, 15) is 9.90 Å². The lowest BCUT2D eigenvalue weighted by molar-refractivity contribution is -0.150. The smallest absolute Gasteiger partial charge is 0.310 e. The molecule has 6 heteroatoms. The number of aromatic nitrogens is 4. The van der Waals surface area contributed by atoms with E-state index in [0.29, 0.717) is 5.82 Å². The van der Waals surface area contributed by atoms with E-state index in [1.54, 1.807) is 11.6 Å². The third-order valence-electron chi connectivity index (χ3n) is 3.82. The van der Waals surface area contributed by atoms with E-state index in [1.165, 1.54) is 0 Å². The van der Waals surface area contributed by atoms with Crippen molar-refractivity contribution in [2.45, 2.75) is 27.2 Å². The molecule has 1 aromatic heterocycles. The Bertz CT molecular complexity index is 594. The molecular weight excluding hydrogens is 256 g/mol. The number of hydrogen-bond donors (Lipinski definition) is 1. The Morgan fingerprint density at radius 2 is 2.00 bits per heavy atom. The maximum atomic E-state index is 11.6. The van der Waals surface area contributed by atoms with Crippen LogP contribution >= 0.6 is 0 Å². The Morgan fingerprint density at radius 1 is 1.35 bits per heavy atom. The number of hydrogen-bond acceptors (Lipinski definition) is 4. The van der Waals surface area contributed by atoms with Crippen LogP contribution in [-0.2, 0) is 11.2 Å². The predicted octanol–water partition coefficient (Wildman–Crippen LogP) is 1.95. The van der Waals surface area contributed by atoms with Crippen molar-refractivity contribution in [3.63, 3.8) is 0 Å². The molecule has 0 aliphatic heterocycles. The maximum Gasteiger partial charge on any atom is 0.310 e. The molecule has 0 aliphatic rings. The van der Waals surface area contributed by atoms with Crippen LogP contribution in [0.2, 0.25) is 0 Å². The monoisotopic (exact) mass is 274 g/mol. The first-order valence-electron chi connectivity index (χ1n) is 6.51. The predicted molar refractivity (Wildman–Crippen MR) is 73.4 cm³/mol. The first-order valence-corrected chi connectivity index (χ1v) is 6.51. The number of carbonyl (C=O) groups is 1. The summed E-state index contributed by atoms with van der Waals surface area (Å²) >= 11 is 0. The Balaban J connectivity index is 2.36. The number of tetrazole rings is 1. The van der Waals surface area contributed by atoms with Crippen molar-refractivity contribution in [1.29, 1.82) is 0 Å². The Morgan fingerprint density at radius 3 is 2.55 bits per heavy atom. The molecule has 0 saturated heterocycles. The molecule has 106 valence electrons. The number of carboxylic acid groups (broad SMARTS) is 1. The van der Waals surface area contributed by atoms with E-state index < -0.39 is 11.4 Å². The number of aliphatic carboxylic acids is 1. The molecule has 1 atom stereocenters. The molecule has 0 radical (unpaired) electrons. The quantitative estimate of drug-likeness (QED) is 0.901. The summed E-state index contributed by atoms with van der Waals surface area (Å²) in [7, 11) is 0. The molecule has 0 saturated carbocycles. The zero-order chi connectivity index (χ0) is 14.8. The molecule has 1 unspecified atom stereocenters. The van der Waals surface area contributed by atoms with Crippen LogP contribution in [0.4, 0.5) is 0 Å². The van der Waals surface area contributed by atoms with Gasteiger partial charge < -0.3 is 5.11 Å². The number of benzene rings is 1. The first kappa shape index (κ1) is 14.2. The van der Waals surface area contributed by atoms with Gasteiger partial charge in [0.05, 0.1) is 11.1 Å². The van der Waals surface area contributed by atoms with Gasteiger partial charge in [0.2, 0.25) is 0 Å². The van der Waals surface area contributed by atoms with Gasteiger partial charge in [-0.1, -0.05) is 32.0 Å². The van der Waals surface area contributed by atoms with Crippen LogP contribution in [-0.4, -0.2) is 31.3 Å². The molecule has 20 heavy (non-hydrogen) atoms. The van der Waals surface area contributed by atoms with Gasteiger partial charge in [-0.25, -0.2) is 0 Å². The first-order chi connectivity index (χ1) is 9.45. The van der Waals surface area contributed by atoms with Crippen molar-refractivity contribution in [2.24, 2.45) is 11.3 Å². The molecule has 0 fully saturated rings. The van der Waals surface area contributed by atoms with Gasteiger partial charge in [-0.05, 0) is 35.4 Å². The average Bonchev–Trinajstić information content (AvgIpc) is 2.87. The third kappa shape index (κ3) is 2.54. The van der Waals surface area contributed by atoms with Gasteiger partial charge in [-0.15, -0.1) is 5.10 Å². The van der Waals surface area contributed by atoms with E-state index in [1.807, 2.05) is 44.2 Å². The van der Waals surface area contributed by atoms with Crippen LogP contribution in [0, 0.1) is 11.3 Å². The summed E-state index contributed by atoms with van der Waals surface area (Å²) < 4.78 is 1.59. The number of para-hydroxylation sites is 1. The summed E-state index contributed by atoms with van der Waals surface area (Å²) in [6.45, 7) is 5.51. The van der Waals surface area contributed by atoms with Crippen LogP contribution in [0.5, 0.6) is 0 Å². The molecule has 1 N–H and O–H groups in total. The minimum Gasteiger partial charge on any atom is -0.481 e. The van der Waals surface area contributed by atoms with Gasteiger partial charge in [0, 0.05) is 6.42 Å². The van der Waals surface area contributed by atoms with Gasteiger partial charge in [-0.2, -0.15) is 4.68 Å². The van der Waals surface area contributed by atoms with Crippen LogP contribution < -0.4 is 0 Å². The zero-order valence-corrected chi connectivity index (χ0v) is 11.8. The summed E-state index contributed by atoms with van der Waals surface area (Å²) in [6, 6.07) is 9.45. The minimum absolute atomic E-state index is 0.0269. The average molecular weight is 274 g/mol. The molecule has 2 rings (SSSR count). The van der Waals surface area contributed by atoms with Gasteiger partial charge >= 0.3 is 5.97 Å². The number of nitrogens with zero attached hydrogens (tertiary/aromatic N) is 4. The second-order valence-corrected chi connectivity index (χ2v) is 5.40. The van der Waals surface area contributed by atoms with E-state index >= 15 is 0 Å². The van der Waals surface area contributed by atoms with Gasteiger partial charge in [0.1, 0.15) is 0 Å². The summed E-state index contributed by atoms with van der Waals surface area (Å²) in [5, 5.41) is 21.1. The normalized spacial score (nSPS) is 14.2. The third-order valence-corrected chi connectivity index (χ3v) is 3.82. The maximum absolute atomic E-state index is 11.6. The lowest BCUT2D eigenvalue weighted by atomic mass is 9.76. The van der Waals surface area contributed by atoms with E-state index in [0.717, 1.165) is 5.69 Å². The summed E-state index contributed by atoms with van der Waals surface area (Å²) in [4.78, 5) is 11.6. The fraction of sp³-hybridized carbons (Fsp3) is 0.429. The molecular formula is C14H18N4O2. The van der Waals surface area contributed by atoms with Crippen LogP contribution in [0.15, 0.2) is 30.3 Å². The van der Waals surface area contributed by atoms with Crippen LogP contribution in [0.1, 0.15) is 26.6 Å². The lowest BCUT2D eigenvalue weighted by Gasteiger charge is -2.28. The van der Waals surface area contributed by atoms with Crippen molar-refractivity contribution in [3.8, 4) is 5.69 Å². The second kappa shape index (κ2) is 5.40. The summed E-state index contributed by atoms with van der Waals surface area (Å²) in [5.74, 6) is -0.314. The molecule has 0 amide bonds. The van der Waals surface area contributed by atoms with Gasteiger partial charge in [0.25, 0.3) is 0 Å². The molecule has 0 aliphatic carbocycles. The molecule has 1 aromatic carbocycles. The molecule has 0 spiro atoms.